The molecule has 31 heavy (non-hydrogen) atoms. The van der Waals surface area contributed by atoms with Crippen molar-refractivity contribution in [3.8, 4) is 5.75 Å². The molecule has 0 saturated carbocycles. The van der Waals surface area contributed by atoms with Gasteiger partial charge in [0.25, 0.3) is 0 Å². The topological polar surface area (TPSA) is 55.8 Å². The van der Waals surface area contributed by atoms with Gasteiger partial charge in [0, 0.05) is 23.6 Å². The molecule has 1 amide bonds. The summed E-state index contributed by atoms with van der Waals surface area (Å²) >= 11 is 0. The van der Waals surface area contributed by atoms with Gasteiger partial charge in [-0.25, -0.2) is 13.6 Å². The molecular weight excluding hydrogens is 404 g/mol. The number of rotatable bonds is 7. The lowest BCUT2D eigenvalue weighted by Gasteiger charge is -2.34. The van der Waals surface area contributed by atoms with Crippen LogP contribution < -0.4 is 4.74 Å². The number of carbonyl (C=O) groups is 2. The Kier molecular flexibility index (Phi) is 6.84. The number of allylic oxidation sites excluding steroid dienone is 1. The molecule has 0 spiro atoms. The summed E-state index contributed by atoms with van der Waals surface area (Å²) < 4.78 is 38.4. The van der Waals surface area contributed by atoms with E-state index in [0.717, 1.165) is 6.07 Å². The van der Waals surface area contributed by atoms with Crippen LogP contribution >= 0.6 is 0 Å². The molecule has 0 bridgehead atoms. The molecule has 5 nitrogen and oxygen atoms in total. The molecule has 0 fully saturated rings. The fraction of sp³-hybridized carbons (Fsp3) is 0.250. The zero-order valence-electron chi connectivity index (χ0n) is 17.4. The SMILES string of the molecule is C=CCOC(=O)C1=C(C)N(Cc2cccc(F)c2F)C(=O)CC1c1cccc(OC)c1. The molecule has 0 N–H and O–H groups in total. The van der Waals surface area contributed by atoms with E-state index in [1.807, 2.05) is 0 Å². The fourth-order valence-electron chi connectivity index (χ4n) is 3.66. The number of nitrogens with zero attached hydrogens (tertiary/aromatic N) is 1. The van der Waals surface area contributed by atoms with E-state index in [2.05, 4.69) is 6.58 Å². The van der Waals surface area contributed by atoms with Crippen LogP contribution in [0.15, 0.2) is 66.4 Å². The highest BCUT2D eigenvalue weighted by molar-refractivity contribution is 5.96. The van der Waals surface area contributed by atoms with Crippen molar-refractivity contribution in [2.75, 3.05) is 13.7 Å². The maximum Gasteiger partial charge on any atom is 0.336 e. The Morgan fingerprint density at radius 3 is 2.71 bits per heavy atom. The number of methoxy groups -OCH3 is 1. The number of benzene rings is 2. The maximum absolute atomic E-state index is 14.2. The van der Waals surface area contributed by atoms with Gasteiger partial charge in [-0.15, -0.1) is 0 Å². The van der Waals surface area contributed by atoms with Gasteiger partial charge < -0.3 is 14.4 Å². The van der Waals surface area contributed by atoms with Crippen molar-refractivity contribution in [2.24, 2.45) is 0 Å². The first-order valence-corrected chi connectivity index (χ1v) is 9.73. The van der Waals surface area contributed by atoms with Crippen LogP contribution in [0.25, 0.3) is 0 Å². The van der Waals surface area contributed by atoms with Crippen LogP contribution in [0.3, 0.4) is 0 Å². The van der Waals surface area contributed by atoms with Crippen LogP contribution in [0, 0.1) is 11.6 Å². The minimum atomic E-state index is -1.02. The van der Waals surface area contributed by atoms with E-state index < -0.39 is 23.5 Å². The summed E-state index contributed by atoms with van der Waals surface area (Å²) in [5, 5.41) is 0. The lowest BCUT2D eigenvalue weighted by molar-refractivity contribution is -0.139. The Morgan fingerprint density at radius 1 is 1.26 bits per heavy atom. The van der Waals surface area contributed by atoms with Crippen molar-refractivity contribution in [1.29, 1.82) is 0 Å². The van der Waals surface area contributed by atoms with Crippen LogP contribution in [0.1, 0.15) is 30.4 Å². The van der Waals surface area contributed by atoms with Gasteiger partial charge in [-0.1, -0.05) is 36.9 Å². The maximum atomic E-state index is 14.2. The van der Waals surface area contributed by atoms with Crippen molar-refractivity contribution < 1.29 is 27.8 Å². The van der Waals surface area contributed by atoms with Gasteiger partial charge in [-0.2, -0.15) is 0 Å². The first-order chi connectivity index (χ1) is 14.9. The first kappa shape index (κ1) is 22.2. The second kappa shape index (κ2) is 9.55. The molecular formula is C24H23F2NO4. The molecule has 0 radical (unpaired) electrons. The monoisotopic (exact) mass is 427 g/mol. The molecule has 1 unspecified atom stereocenters. The second-order valence-corrected chi connectivity index (χ2v) is 7.11. The van der Waals surface area contributed by atoms with E-state index in [1.165, 1.54) is 30.2 Å². The zero-order valence-corrected chi connectivity index (χ0v) is 17.4. The largest absolute Gasteiger partial charge is 0.497 e. The molecule has 0 aromatic heterocycles. The standard InChI is InChI=1S/C24H23F2NO4/c1-4-11-31-24(29)22-15(2)27(14-17-8-6-10-20(25)23(17)26)21(28)13-19(22)16-7-5-9-18(12-16)30-3/h4-10,12,19H,1,11,13-14H2,2-3H3. The molecule has 1 heterocycles. The Morgan fingerprint density at radius 2 is 2.00 bits per heavy atom. The highest BCUT2D eigenvalue weighted by Gasteiger charge is 2.37. The molecule has 1 atom stereocenters. The van der Waals surface area contributed by atoms with Crippen LogP contribution in [0.5, 0.6) is 5.75 Å². The normalized spacial score (nSPS) is 16.3. The summed E-state index contributed by atoms with van der Waals surface area (Å²) in [6.45, 7) is 4.96. The van der Waals surface area contributed by atoms with Gasteiger partial charge in [0.1, 0.15) is 12.4 Å². The van der Waals surface area contributed by atoms with Crippen LogP contribution in [0.2, 0.25) is 0 Å². The lowest BCUT2D eigenvalue weighted by Crippen LogP contribution is -2.38. The van der Waals surface area contributed by atoms with Crippen LogP contribution in [-0.2, 0) is 20.9 Å². The van der Waals surface area contributed by atoms with Crippen LogP contribution in [-0.4, -0.2) is 30.5 Å². The number of esters is 1. The summed E-state index contributed by atoms with van der Waals surface area (Å²) in [7, 11) is 1.53. The van der Waals surface area contributed by atoms with Gasteiger partial charge in [0.05, 0.1) is 19.2 Å². The quantitative estimate of drug-likeness (QED) is 0.483. The number of ether oxygens (including phenoxy) is 2. The van der Waals surface area contributed by atoms with E-state index in [0.29, 0.717) is 17.0 Å². The molecule has 2 aromatic rings. The van der Waals surface area contributed by atoms with Gasteiger partial charge >= 0.3 is 5.97 Å². The van der Waals surface area contributed by atoms with Gasteiger partial charge in [-0.05, 0) is 30.7 Å². The number of carbonyl (C=O) groups excluding carboxylic acids is 2. The van der Waals surface area contributed by atoms with E-state index in [9.17, 15) is 18.4 Å². The lowest BCUT2D eigenvalue weighted by atomic mass is 9.83. The number of hydrogen-bond donors (Lipinski definition) is 0. The predicted molar refractivity (Wildman–Crippen MR) is 111 cm³/mol. The first-order valence-electron chi connectivity index (χ1n) is 9.73. The Labute approximate surface area is 179 Å². The highest BCUT2D eigenvalue weighted by Crippen LogP contribution is 2.38. The third-order valence-electron chi connectivity index (χ3n) is 5.23. The number of halogens is 2. The van der Waals surface area contributed by atoms with Crippen molar-refractivity contribution >= 4 is 11.9 Å². The predicted octanol–water partition coefficient (Wildman–Crippen LogP) is 4.49. The zero-order chi connectivity index (χ0) is 22.5. The second-order valence-electron chi connectivity index (χ2n) is 7.11. The summed E-state index contributed by atoms with van der Waals surface area (Å²) in [4.78, 5) is 27.2. The third-order valence-corrected chi connectivity index (χ3v) is 5.23. The van der Waals surface area contributed by atoms with Gasteiger partial charge in [0.15, 0.2) is 11.6 Å². The Balaban J connectivity index is 2.06. The van der Waals surface area contributed by atoms with Crippen molar-refractivity contribution in [1.82, 2.24) is 4.90 Å². The molecule has 162 valence electrons. The van der Waals surface area contributed by atoms with Crippen LogP contribution in [0.4, 0.5) is 8.78 Å². The molecule has 1 aliphatic heterocycles. The molecule has 1 aliphatic rings. The molecule has 2 aromatic carbocycles. The molecule has 3 rings (SSSR count). The summed E-state index contributed by atoms with van der Waals surface area (Å²) in [6.07, 6.45) is 1.42. The molecule has 0 aliphatic carbocycles. The van der Waals surface area contributed by atoms with Crippen molar-refractivity contribution in [3.63, 3.8) is 0 Å². The summed E-state index contributed by atoms with van der Waals surface area (Å²) in [6, 6.07) is 10.9. The van der Waals surface area contributed by atoms with E-state index in [-0.39, 0.29) is 36.6 Å². The Bertz CT molecular complexity index is 1050. The molecule has 0 saturated heterocycles. The smallest absolute Gasteiger partial charge is 0.336 e. The third kappa shape index (κ3) is 4.66. The average Bonchev–Trinajstić information content (AvgIpc) is 2.77. The average molecular weight is 427 g/mol. The van der Waals surface area contributed by atoms with Gasteiger partial charge in [0.2, 0.25) is 5.91 Å². The van der Waals surface area contributed by atoms with Crippen molar-refractivity contribution in [3.05, 3.63) is 89.2 Å². The minimum absolute atomic E-state index is 0.00686. The van der Waals surface area contributed by atoms with E-state index in [4.69, 9.17) is 9.47 Å². The molecule has 7 heteroatoms. The highest BCUT2D eigenvalue weighted by atomic mass is 19.2. The van der Waals surface area contributed by atoms with Crippen molar-refractivity contribution in [2.45, 2.75) is 25.8 Å². The number of amides is 1. The Hall–Kier alpha value is -3.48. The van der Waals surface area contributed by atoms with E-state index >= 15 is 0 Å². The fourth-order valence-corrected chi connectivity index (χ4v) is 3.66. The summed E-state index contributed by atoms with van der Waals surface area (Å²) in [5.74, 6) is -2.90. The minimum Gasteiger partial charge on any atom is -0.497 e. The summed E-state index contributed by atoms with van der Waals surface area (Å²) in [5.41, 5.74) is 1.36. The van der Waals surface area contributed by atoms with E-state index in [1.54, 1.807) is 31.2 Å². The number of hydrogen-bond acceptors (Lipinski definition) is 4. The van der Waals surface area contributed by atoms with Gasteiger partial charge in [-0.3, -0.25) is 4.79 Å².